The molecule has 0 radical (unpaired) electrons. The van der Waals surface area contributed by atoms with Crippen LogP contribution in [0, 0.1) is 5.92 Å². The van der Waals surface area contributed by atoms with Gasteiger partial charge in [0.25, 0.3) is 0 Å². The number of likely N-dealkylation sites (tertiary alicyclic amines) is 1. The van der Waals surface area contributed by atoms with Gasteiger partial charge in [-0.05, 0) is 45.1 Å². The summed E-state index contributed by atoms with van der Waals surface area (Å²) in [7, 11) is 0. The van der Waals surface area contributed by atoms with Crippen LogP contribution in [0.1, 0.15) is 46.5 Å². The van der Waals surface area contributed by atoms with Crippen LogP contribution in [0.3, 0.4) is 0 Å². The number of rotatable bonds is 6. The highest BCUT2D eigenvalue weighted by molar-refractivity contribution is 5.06. The molecule has 1 rings (SSSR count). The first-order valence-corrected chi connectivity index (χ1v) is 6.50. The molecular formula is C15H27N. The fourth-order valence-electron chi connectivity index (χ4n) is 3.26. The lowest BCUT2D eigenvalue weighted by Gasteiger charge is -2.40. The molecule has 16 heavy (non-hydrogen) atoms. The maximum atomic E-state index is 4.11. The smallest absolute Gasteiger partial charge is 0.0252 e. The minimum Gasteiger partial charge on any atom is -0.294 e. The molecule has 1 heteroatoms. The van der Waals surface area contributed by atoms with Crippen LogP contribution in [0.2, 0.25) is 0 Å². The third-order valence-electron chi connectivity index (χ3n) is 3.51. The van der Waals surface area contributed by atoms with Crippen molar-refractivity contribution < 1.29 is 0 Å². The van der Waals surface area contributed by atoms with Crippen molar-refractivity contribution in [1.82, 2.24) is 4.90 Å². The first kappa shape index (κ1) is 13.5. The van der Waals surface area contributed by atoms with E-state index in [1.54, 1.807) is 0 Å². The van der Waals surface area contributed by atoms with Crippen molar-refractivity contribution in [2.75, 3.05) is 13.1 Å². The minimum atomic E-state index is 0.369. The zero-order valence-electron chi connectivity index (χ0n) is 11.3. The van der Waals surface area contributed by atoms with Crippen molar-refractivity contribution in [2.24, 2.45) is 5.92 Å². The molecule has 1 fully saturated rings. The van der Waals surface area contributed by atoms with Gasteiger partial charge < -0.3 is 0 Å². The lowest BCUT2D eigenvalue weighted by Crippen LogP contribution is -2.45. The van der Waals surface area contributed by atoms with Crippen molar-refractivity contribution in [2.45, 2.75) is 52.0 Å². The van der Waals surface area contributed by atoms with E-state index in [0.717, 1.165) is 18.9 Å². The predicted molar refractivity (Wildman–Crippen MR) is 72.6 cm³/mol. The van der Waals surface area contributed by atoms with Crippen LogP contribution in [0.25, 0.3) is 0 Å². The molecule has 1 aliphatic rings. The Morgan fingerprint density at radius 3 is 2.69 bits per heavy atom. The number of hydrogen-bond donors (Lipinski definition) is 0. The fourth-order valence-corrected chi connectivity index (χ4v) is 3.26. The van der Waals surface area contributed by atoms with E-state index in [9.17, 15) is 0 Å². The molecule has 1 atom stereocenters. The van der Waals surface area contributed by atoms with Crippen molar-refractivity contribution in [3.8, 4) is 0 Å². The number of nitrogens with zero attached hydrogens (tertiary/aromatic N) is 1. The quantitative estimate of drug-likeness (QED) is 0.612. The third kappa shape index (κ3) is 3.21. The molecule has 1 saturated heterocycles. The molecule has 0 aliphatic carbocycles. The highest BCUT2D eigenvalue weighted by atomic mass is 15.2. The van der Waals surface area contributed by atoms with Gasteiger partial charge in [0.05, 0.1) is 0 Å². The zero-order valence-corrected chi connectivity index (χ0v) is 11.3. The summed E-state index contributed by atoms with van der Waals surface area (Å²) in [5.41, 5.74) is 1.69. The van der Waals surface area contributed by atoms with Crippen LogP contribution >= 0.6 is 0 Å². The molecule has 0 spiro atoms. The second kappa shape index (κ2) is 5.67. The van der Waals surface area contributed by atoms with Gasteiger partial charge >= 0.3 is 0 Å². The molecule has 1 aliphatic heterocycles. The predicted octanol–water partition coefficient (Wildman–Crippen LogP) is 4.02. The van der Waals surface area contributed by atoms with Crippen molar-refractivity contribution in [3.63, 3.8) is 0 Å². The zero-order chi connectivity index (χ0) is 12.2. The molecule has 0 saturated carbocycles. The van der Waals surface area contributed by atoms with E-state index in [-0.39, 0.29) is 0 Å². The summed E-state index contributed by atoms with van der Waals surface area (Å²) in [5, 5.41) is 0. The lowest BCUT2D eigenvalue weighted by atomic mass is 9.81. The summed E-state index contributed by atoms with van der Waals surface area (Å²) in [6.07, 6.45) is 7.13. The van der Waals surface area contributed by atoms with E-state index in [2.05, 4.69) is 38.8 Å². The monoisotopic (exact) mass is 221 g/mol. The van der Waals surface area contributed by atoms with E-state index < -0.39 is 0 Å². The summed E-state index contributed by atoms with van der Waals surface area (Å²) in [6.45, 7) is 17.1. The highest BCUT2D eigenvalue weighted by Crippen LogP contribution is 2.39. The van der Waals surface area contributed by atoms with Crippen LogP contribution < -0.4 is 0 Å². The maximum Gasteiger partial charge on any atom is 0.0252 e. The number of hydrogen-bond acceptors (Lipinski definition) is 1. The first-order valence-electron chi connectivity index (χ1n) is 6.50. The molecule has 0 aromatic heterocycles. The summed E-state index contributed by atoms with van der Waals surface area (Å²) in [6, 6.07) is 0. The third-order valence-corrected chi connectivity index (χ3v) is 3.51. The molecule has 92 valence electrons. The molecule has 1 unspecified atom stereocenters. The van der Waals surface area contributed by atoms with E-state index in [0.29, 0.717) is 5.54 Å². The second-order valence-corrected chi connectivity index (χ2v) is 5.79. The standard InChI is InChI=1S/C15H27N/c1-6-9-16-10-7-8-15(16,11-13(2)3)12-14(4)5/h6,14H,1-2,7-12H2,3-5H3. The highest BCUT2D eigenvalue weighted by Gasteiger charge is 2.40. The van der Waals surface area contributed by atoms with Gasteiger partial charge in [-0.15, -0.1) is 13.2 Å². The molecule has 1 nitrogen and oxygen atoms in total. The summed E-state index contributed by atoms with van der Waals surface area (Å²) in [4.78, 5) is 2.62. The van der Waals surface area contributed by atoms with Gasteiger partial charge in [0.2, 0.25) is 0 Å². The van der Waals surface area contributed by atoms with Gasteiger partial charge in [0, 0.05) is 12.1 Å². The van der Waals surface area contributed by atoms with Gasteiger partial charge in [-0.1, -0.05) is 25.5 Å². The fraction of sp³-hybridized carbons (Fsp3) is 0.733. The van der Waals surface area contributed by atoms with Crippen LogP contribution in [-0.4, -0.2) is 23.5 Å². The Morgan fingerprint density at radius 1 is 1.50 bits per heavy atom. The lowest BCUT2D eigenvalue weighted by molar-refractivity contribution is 0.125. The Balaban J connectivity index is 2.82. The molecular weight excluding hydrogens is 194 g/mol. The van der Waals surface area contributed by atoms with Gasteiger partial charge in [0.1, 0.15) is 0 Å². The van der Waals surface area contributed by atoms with E-state index in [1.807, 2.05) is 6.08 Å². The van der Waals surface area contributed by atoms with Crippen LogP contribution in [0.5, 0.6) is 0 Å². The minimum absolute atomic E-state index is 0.369. The van der Waals surface area contributed by atoms with Crippen molar-refractivity contribution in [1.29, 1.82) is 0 Å². The van der Waals surface area contributed by atoms with Crippen LogP contribution in [-0.2, 0) is 0 Å². The SMILES string of the molecule is C=CCN1CCCC1(CC(=C)C)CC(C)C. The Kier molecular flexibility index (Phi) is 4.79. The molecule has 0 aromatic rings. The van der Waals surface area contributed by atoms with Crippen LogP contribution in [0.15, 0.2) is 24.8 Å². The Bertz CT molecular complexity index is 254. The Labute approximate surface area is 101 Å². The Hall–Kier alpha value is -0.560. The first-order chi connectivity index (χ1) is 7.50. The average Bonchev–Trinajstić information content (AvgIpc) is 2.47. The summed E-state index contributed by atoms with van der Waals surface area (Å²) in [5.74, 6) is 0.754. The van der Waals surface area contributed by atoms with Gasteiger partial charge in [0.15, 0.2) is 0 Å². The molecule has 0 amide bonds. The molecule has 0 bridgehead atoms. The topological polar surface area (TPSA) is 3.24 Å². The van der Waals surface area contributed by atoms with E-state index in [1.165, 1.54) is 31.4 Å². The van der Waals surface area contributed by atoms with Crippen molar-refractivity contribution >= 4 is 0 Å². The molecule has 0 N–H and O–H groups in total. The normalized spacial score (nSPS) is 26.2. The Morgan fingerprint density at radius 2 is 2.19 bits per heavy atom. The average molecular weight is 221 g/mol. The summed E-state index contributed by atoms with van der Waals surface area (Å²) < 4.78 is 0. The van der Waals surface area contributed by atoms with Crippen molar-refractivity contribution in [3.05, 3.63) is 24.8 Å². The second-order valence-electron chi connectivity index (χ2n) is 5.79. The summed E-state index contributed by atoms with van der Waals surface area (Å²) >= 11 is 0. The largest absolute Gasteiger partial charge is 0.294 e. The van der Waals surface area contributed by atoms with Gasteiger partial charge in [-0.3, -0.25) is 4.90 Å². The maximum absolute atomic E-state index is 4.11. The molecule has 0 aromatic carbocycles. The van der Waals surface area contributed by atoms with Crippen LogP contribution in [0.4, 0.5) is 0 Å². The van der Waals surface area contributed by atoms with Gasteiger partial charge in [-0.25, -0.2) is 0 Å². The van der Waals surface area contributed by atoms with E-state index in [4.69, 9.17) is 0 Å². The molecule has 1 heterocycles. The van der Waals surface area contributed by atoms with Gasteiger partial charge in [-0.2, -0.15) is 0 Å². The van der Waals surface area contributed by atoms with E-state index >= 15 is 0 Å².